The van der Waals surface area contributed by atoms with Crippen LogP contribution in [0.3, 0.4) is 0 Å². The standard InChI is InChI=1S/C11H12OS2/c1-2-6-12-11-4-3-10(14-11)9-5-7-13-8-9/h3-5,7-8H,2,6H2,1H3. The van der Waals surface area contributed by atoms with Gasteiger partial charge in [0.15, 0.2) is 5.06 Å². The lowest BCUT2D eigenvalue weighted by atomic mass is 10.3. The predicted octanol–water partition coefficient (Wildman–Crippen LogP) is 4.27. The minimum Gasteiger partial charge on any atom is -0.484 e. The maximum atomic E-state index is 5.56. The van der Waals surface area contributed by atoms with E-state index in [-0.39, 0.29) is 0 Å². The van der Waals surface area contributed by atoms with Gasteiger partial charge in [-0.05, 0) is 35.4 Å². The lowest BCUT2D eigenvalue weighted by molar-refractivity contribution is 0.326. The summed E-state index contributed by atoms with van der Waals surface area (Å²) in [7, 11) is 0. The molecule has 2 aromatic rings. The molecule has 3 heteroatoms. The van der Waals surface area contributed by atoms with Crippen LogP contribution in [-0.4, -0.2) is 6.61 Å². The van der Waals surface area contributed by atoms with Crippen molar-refractivity contribution in [3.63, 3.8) is 0 Å². The fourth-order valence-electron chi connectivity index (χ4n) is 1.16. The third kappa shape index (κ3) is 2.16. The summed E-state index contributed by atoms with van der Waals surface area (Å²) in [6, 6.07) is 6.31. The molecule has 0 spiro atoms. The average molecular weight is 224 g/mol. The van der Waals surface area contributed by atoms with Crippen molar-refractivity contribution in [1.82, 2.24) is 0 Å². The van der Waals surface area contributed by atoms with Gasteiger partial charge in [-0.25, -0.2) is 0 Å². The molecule has 0 aliphatic heterocycles. The molecular formula is C11H12OS2. The molecule has 0 unspecified atom stereocenters. The van der Waals surface area contributed by atoms with Crippen molar-refractivity contribution >= 4 is 22.7 Å². The number of thiophene rings is 2. The minimum atomic E-state index is 0.809. The average Bonchev–Trinajstić information content (AvgIpc) is 2.85. The van der Waals surface area contributed by atoms with E-state index in [0.29, 0.717) is 0 Å². The molecule has 2 rings (SSSR count). The normalized spacial score (nSPS) is 10.4. The van der Waals surface area contributed by atoms with Crippen LogP contribution in [0.1, 0.15) is 13.3 Å². The van der Waals surface area contributed by atoms with Crippen molar-refractivity contribution in [3.8, 4) is 15.5 Å². The quantitative estimate of drug-likeness (QED) is 0.753. The molecule has 0 bridgehead atoms. The zero-order valence-corrected chi connectivity index (χ0v) is 9.66. The third-order valence-corrected chi connectivity index (χ3v) is 3.57. The summed E-state index contributed by atoms with van der Waals surface area (Å²) in [5, 5.41) is 5.28. The van der Waals surface area contributed by atoms with Gasteiger partial charge in [-0.3, -0.25) is 0 Å². The van der Waals surface area contributed by atoms with Gasteiger partial charge in [-0.15, -0.1) is 0 Å². The van der Waals surface area contributed by atoms with Crippen LogP contribution in [0.2, 0.25) is 0 Å². The molecule has 0 N–H and O–H groups in total. The molecule has 0 amide bonds. The maximum Gasteiger partial charge on any atom is 0.174 e. The first-order valence-electron chi connectivity index (χ1n) is 4.65. The molecule has 0 saturated carbocycles. The SMILES string of the molecule is CCCOc1ccc(-c2ccsc2)s1. The predicted molar refractivity (Wildman–Crippen MR) is 63.4 cm³/mol. The van der Waals surface area contributed by atoms with Crippen LogP contribution in [-0.2, 0) is 0 Å². The third-order valence-electron chi connectivity index (χ3n) is 1.84. The zero-order valence-electron chi connectivity index (χ0n) is 8.03. The van der Waals surface area contributed by atoms with Crippen LogP contribution in [0.4, 0.5) is 0 Å². The van der Waals surface area contributed by atoms with Gasteiger partial charge in [0.05, 0.1) is 6.61 Å². The second kappa shape index (κ2) is 4.62. The van der Waals surface area contributed by atoms with Crippen LogP contribution in [0.15, 0.2) is 29.0 Å². The largest absolute Gasteiger partial charge is 0.484 e. The Labute approximate surface area is 92.0 Å². The first-order chi connectivity index (χ1) is 6.90. The Bertz CT molecular complexity index is 376. The number of rotatable bonds is 4. The molecule has 14 heavy (non-hydrogen) atoms. The first kappa shape index (κ1) is 9.74. The van der Waals surface area contributed by atoms with Crippen LogP contribution >= 0.6 is 22.7 Å². The van der Waals surface area contributed by atoms with Gasteiger partial charge in [-0.1, -0.05) is 18.3 Å². The first-order valence-corrected chi connectivity index (χ1v) is 6.41. The number of hydrogen-bond acceptors (Lipinski definition) is 3. The summed E-state index contributed by atoms with van der Waals surface area (Å²) in [6.07, 6.45) is 1.06. The van der Waals surface area contributed by atoms with Gasteiger partial charge in [0, 0.05) is 10.4 Å². The second-order valence-corrected chi connectivity index (χ2v) is 4.81. The molecule has 0 atom stereocenters. The topological polar surface area (TPSA) is 9.23 Å². The van der Waals surface area contributed by atoms with Crippen LogP contribution in [0.25, 0.3) is 10.4 Å². The summed E-state index contributed by atoms with van der Waals surface area (Å²) >= 11 is 3.44. The van der Waals surface area contributed by atoms with Gasteiger partial charge in [0.25, 0.3) is 0 Å². The molecule has 74 valence electrons. The number of hydrogen-bond donors (Lipinski definition) is 0. The van der Waals surface area contributed by atoms with Gasteiger partial charge in [-0.2, -0.15) is 11.3 Å². The summed E-state index contributed by atoms with van der Waals surface area (Å²) in [5.41, 5.74) is 1.30. The van der Waals surface area contributed by atoms with Gasteiger partial charge < -0.3 is 4.74 Å². The Morgan fingerprint density at radius 2 is 2.21 bits per heavy atom. The molecule has 0 radical (unpaired) electrons. The van der Waals surface area contributed by atoms with Crippen molar-refractivity contribution < 1.29 is 4.74 Å². The van der Waals surface area contributed by atoms with Crippen molar-refractivity contribution in [2.24, 2.45) is 0 Å². The Morgan fingerprint density at radius 3 is 2.93 bits per heavy atom. The molecule has 0 saturated heterocycles. The van der Waals surface area contributed by atoms with E-state index in [1.165, 1.54) is 10.4 Å². The fraction of sp³-hybridized carbons (Fsp3) is 0.273. The Balaban J connectivity index is 2.10. The van der Waals surface area contributed by atoms with Crippen molar-refractivity contribution in [2.45, 2.75) is 13.3 Å². The van der Waals surface area contributed by atoms with E-state index in [2.05, 4.69) is 29.8 Å². The second-order valence-electron chi connectivity index (χ2n) is 2.98. The monoisotopic (exact) mass is 224 g/mol. The Kier molecular flexibility index (Phi) is 3.22. The number of ether oxygens (including phenoxy) is 1. The molecule has 0 aliphatic rings. The lowest BCUT2D eigenvalue weighted by Crippen LogP contribution is -1.91. The van der Waals surface area contributed by atoms with E-state index < -0.39 is 0 Å². The molecule has 0 aromatic carbocycles. The van der Waals surface area contributed by atoms with E-state index in [0.717, 1.165) is 18.1 Å². The maximum absolute atomic E-state index is 5.56. The Hall–Kier alpha value is -0.800. The van der Waals surface area contributed by atoms with Crippen molar-refractivity contribution in [3.05, 3.63) is 29.0 Å². The summed E-state index contributed by atoms with van der Waals surface area (Å²) in [5.74, 6) is 0. The van der Waals surface area contributed by atoms with E-state index in [4.69, 9.17) is 4.74 Å². The highest BCUT2D eigenvalue weighted by molar-refractivity contribution is 7.17. The van der Waals surface area contributed by atoms with E-state index >= 15 is 0 Å². The summed E-state index contributed by atoms with van der Waals surface area (Å²) in [4.78, 5) is 1.29. The van der Waals surface area contributed by atoms with Crippen LogP contribution in [0, 0.1) is 0 Å². The van der Waals surface area contributed by atoms with E-state index in [1.54, 1.807) is 22.7 Å². The van der Waals surface area contributed by atoms with Crippen molar-refractivity contribution in [1.29, 1.82) is 0 Å². The highest BCUT2D eigenvalue weighted by Gasteiger charge is 2.03. The minimum absolute atomic E-state index is 0.809. The van der Waals surface area contributed by atoms with E-state index in [1.807, 2.05) is 6.07 Å². The lowest BCUT2D eigenvalue weighted by Gasteiger charge is -1.98. The summed E-state index contributed by atoms with van der Waals surface area (Å²) < 4.78 is 5.56. The Morgan fingerprint density at radius 1 is 1.29 bits per heavy atom. The van der Waals surface area contributed by atoms with E-state index in [9.17, 15) is 0 Å². The molecule has 2 heterocycles. The molecule has 1 nitrogen and oxygen atoms in total. The van der Waals surface area contributed by atoms with Crippen molar-refractivity contribution in [2.75, 3.05) is 6.61 Å². The highest BCUT2D eigenvalue weighted by atomic mass is 32.1. The molecule has 2 aromatic heterocycles. The van der Waals surface area contributed by atoms with Crippen LogP contribution < -0.4 is 4.74 Å². The smallest absolute Gasteiger partial charge is 0.174 e. The molecule has 0 fully saturated rings. The molecule has 0 aliphatic carbocycles. The highest BCUT2D eigenvalue weighted by Crippen LogP contribution is 2.33. The van der Waals surface area contributed by atoms with Gasteiger partial charge >= 0.3 is 0 Å². The fourth-order valence-corrected chi connectivity index (χ4v) is 2.77. The summed E-state index contributed by atoms with van der Waals surface area (Å²) in [6.45, 7) is 2.93. The molecular weight excluding hydrogens is 212 g/mol. The van der Waals surface area contributed by atoms with Crippen LogP contribution in [0.5, 0.6) is 5.06 Å². The van der Waals surface area contributed by atoms with Gasteiger partial charge in [0.1, 0.15) is 0 Å². The van der Waals surface area contributed by atoms with Gasteiger partial charge in [0.2, 0.25) is 0 Å². The zero-order chi connectivity index (χ0) is 9.80.